The van der Waals surface area contributed by atoms with Gasteiger partial charge in [-0.1, -0.05) is 13.0 Å². The molecule has 0 bridgehead atoms. The fourth-order valence-corrected chi connectivity index (χ4v) is 2.80. The second-order valence-electron chi connectivity index (χ2n) is 6.00. The van der Waals surface area contributed by atoms with Gasteiger partial charge in [0.2, 0.25) is 0 Å². The van der Waals surface area contributed by atoms with Crippen molar-refractivity contribution >= 4 is 5.69 Å². The second-order valence-corrected chi connectivity index (χ2v) is 6.00. The van der Waals surface area contributed by atoms with Crippen LogP contribution in [-0.2, 0) is 0 Å². The molecule has 1 aromatic rings. The quantitative estimate of drug-likeness (QED) is 0.860. The normalized spacial score (nSPS) is 19.9. The summed E-state index contributed by atoms with van der Waals surface area (Å²) >= 11 is 0. The van der Waals surface area contributed by atoms with Crippen LogP contribution in [0.25, 0.3) is 0 Å². The van der Waals surface area contributed by atoms with Crippen LogP contribution in [0.15, 0.2) is 18.2 Å². The maximum absolute atomic E-state index is 5.86. The average Bonchev–Trinajstić information content (AvgIpc) is 2.44. The zero-order chi connectivity index (χ0) is 14.4. The number of hydrogen-bond acceptors (Lipinski definition) is 3. The van der Waals surface area contributed by atoms with Gasteiger partial charge in [-0.15, -0.1) is 0 Å². The van der Waals surface area contributed by atoms with E-state index in [1.807, 2.05) is 0 Å². The average molecular weight is 276 g/mol. The van der Waals surface area contributed by atoms with Crippen molar-refractivity contribution in [2.75, 3.05) is 38.6 Å². The van der Waals surface area contributed by atoms with Gasteiger partial charge in [-0.25, -0.2) is 0 Å². The monoisotopic (exact) mass is 276 g/mol. The van der Waals surface area contributed by atoms with Crippen LogP contribution in [0.5, 0.6) is 5.75 Å². The molecule has 1 saturated heterocycles. The Morgan fingerprint density at radius 1 is 1.40 bits per heavy atom. The molecule has 1 unspecified atom stereocenters. The highest BCUT2D eigenvalue weighted by molar-refractivity contribution is 5.57. The number of piperidine rings is 1. The van der Waals surface area contributed by atoms with Crippen LogP contribution < -0.4 is 10.1 Å². The number of ether oxygens (including phenoxy) is 1. The minimum absolute atomic E-state index is 0.745. The molecule has 0 aromatic heterocycles. The van der Waals surface area contributed by atoms with Gasteiger partial charge < -0.3 is 15.0 Å². The predicted molar refractivity (Wildman–Crippen MR) is 85.7 cm³/mol. The Morgan fingerprint density at radius 2 is 2.25 bits per heavy atom. The Kier molecular flexibility index (Phi) is 5.72. The van der Waals surface area contributed by atoms with E-state index in [1.54, 1.807) is 0 Å². The summed E-state index contributed by atoms with van der Waals surface area (Å²) in [4.78, 5) is 2.43. The fourth-order valence-electron chi connectivity index (χ4n) is 2.80. The van der Waals surface area contributed by atoms with E-state index in [4.69, 9.17) is 4.74 Å². The van der Waals surface area contributed by atoms with Gasteiger partial charge in [-0.2, -0.15) is 0 Å². The van der Waals surface area contributed by atoms with Gasteiger partial charge in [-0.3, -0.25) is 0 Å². The van der Waals surface area contributed by atoms with Crippen molar-refractivity contribution in [1.82, 2.24) is 4.90 Å². The van der Waals surface area contributed by atoms with E-state index < -0.39 is 0 Å². The number of hydrogen-bond donors (Lipinski definition) is 1. The summed E-state index contributed by atoms with van der Waals surface area (Å²) in [5, 5.41) is 3.59. The number of benzene rings is 1. The van der Waals surface area contributed by atoms with Crippen molar-refractivity contribution in [2.24, 2.45) is 5.92 Å². The van der Waals surface area contributed by atoms with E-state index in [0.717, 1.165) is 36.9 Å². The second kappa shape index (κ2) is 7.53. The first kappa shape index (κ1) is 15.2. The van der Waals surface area contributed by atoms with Gasteiger partial charge >= 0.3 is 0 Å². The van der Waals surface area contributed by atoms with E-state index in [0.29, 0.717) is 0 Å². The van der Waals surface area contributed by atoms with Crippen molar-refractivity contribution in [3.8, 4) is 5.75 Å². The molecule has 1 aliphatic heterocycles. The number of likely N-dealkylation sites (tertiary alicyclic amines) is 1. The minimum Gasteiger partial charge on any atom is -0.491 e. The van der Waals surface area contributed by atoms with E-state index in [2.05, 4.69) is 49.3 Å². The lowest BCUT2D eigenvalue weighted by Gasteiger charge is -2.30. The molecule has 20 heavy (non-hydrogen) atoms. The molecule has 1 heterocycles. The molecule has 0 aliphatic carbocycles. The van der Waals surface area contributed by atoms with Crippen LogP contribution in [0.1, 0.15) is 31.7 Å². The van der Waals surface area contributed by atoms with Crippen molar-refractivity contribution in [1.29, 1.82) is 0 Å². The maximum atomic E-state index is 5.86. The highest BCUT2D eigenvalue weighted by Gasteiger charge is 2.17. The van der Waals surface area contributed by atoms with Crippen LogP contribution in [0, 0.1) is 12.8 Å². The van der Waals surface area contributed by atoms with Crippen LogP contribution in [0.4, 0.5) is 5.69 Å². The van der Waals surface area contributed by atoms with Gasteiger partial charge in [0, 0.05) is 13.1 Å². The Balaban J connectivity index is 1.93. The minimum atomic E-state index is 0.745. The molecule has 1 aliphatic rings. The first-order valence-corrected chi connectivity index (χ1v) is 7.85. The molecule has 1 N–H and O–H groups in total. The van der Waals surface area contributed by atoms with Crippen molar-refractivity contribution in [3.05, 3.63) is 23.8 Å². The molecular weight excluding hydrogens is 248 g/mol. The van der Waals surface area contributed by atoms with E-state index in [9.17, 15) is 0 Å². The Bertz CT molecular complexity index is 419. The van der Waals surface area contributed by atoms with Crippen molar-refractivity contribution < 1.29 is 4.74 Å². The largest absolute Gasteiger partial charge is 0.491 e. The Morgan fingerprint density at radius 3 is 3.00 bits per heavy atom. The molecular formula is C17H28N2O. The van der Waals surface area contributed by atoms with E-state index in [1.165, 1.54) is 31.5 Å². The lowest BCUT2D eigenvalue weighted by molar-refractivity contribution is 0.217. The third kappa shape index (κ3) is 4.41. The molecule has 0 saturated carbocycles. The predicted octanol–water partition coefficient (Wildman–Crippen LogP) is 3.54. The Labute approximate surface area is 123 Å². The molecule has 1 aromatic carbocycles. The van der Waals surface area contributed by atoms with Gasteiger partial charge in [0.25, 0.3) is 0 Å². The molecule has 1 fully saturated rings. The Hall–Kier alpha value is -1.22. The zero-order valence-corrected chi connectivity index (χ0v) is 13.1. The van der Waals surface area contributed by atoms with Crippen molar-refractivity contribution in [2.45, 2.75) is 33.1 Å². The number of nitrogens with zero attached hydrogens (tertiary/aromatic N) is 1. The number of anilines is 1. The van der Waals surface area contributed by atoms with Crippen molar-refractivity contribution in [3.63, 3.8) is 0 Å². The van der Waals surface area contributed by atoms with Crippen LogP contribution in [0.2, 0.25) is 0 Å². The fraction of sp³-hybridized carbons (Fsp3) is 0.647. The SMILES string of the molecule is CCCOc1cc(C)ccc1NCC1CCCN(C)C1. The first-order valence-electron chi connectivity index (χ1n) is 7.85. The van der Waals surface area contributed by atoms with E-state index in [-0.39, 0.29) is 0 Å². The smallest absolute Gasteiger partial charge is 0.142 e. The molecule has 3 heteroatoms. The topological polar surface area (TPSA) is 24.5 Å². The molecule has 0 amide bonds. The third-order valence-electron chi connectivity index (χ3n) is 3.90. The van der Waals surface area contributed by atoms with Gasteiger partial charge in [0.15, 0.2) is 0 Å². The molecule has 3 nitrogen and oxygen atoms in total. The standard InChI is InChI=1S/C17H28N2O/c1-4-10-20-17-11-14(2)7-8-16(17)18-12-15-6-5-9-19(3)13-15/h7-8,11,15,18H,4-6,9-10,12-13H2,1-3H3. The third-order valence-corrected chi connectivity index (χ3v) is 3.90. The summed E-state index contributed by atoms with van der Waals surface area (Å²) in [7, 11) is 2.22. The lowest BCUT2D eigenvalue weighted by Crippen LogP contribution is -2.35. The summed E-state index contributed by atoms with van der Waals surface area (Å²) in [6.45, 7) is 8.51. The molecule has 0 radical (unpaired) electrons. The van der Waals surface area contributed by atoms with Crippen LogP contribution in [0.3, 0.4) is 0 Å². The number of rotatable bonds is 6. The summed E-state index contributed by atoms with van der Waals surface area (Å²) in [5.41, 5.74) is 2.39. The summed E-state index contributed by atoms with van der Waals surface area (Å²) in [5.74, 6) is 1.74. The number of nitrogens with one attached hydrogen (secondary N) is 1. The molecule has 2 rings (SSSR count). The van der Waals surface area contributed by atoms with Crippen LogP contribution in [-0.4, -0.2) is 38.2 Å². The van der Waals surface area contributed by atoms with Gasteiger partial charge in [0.1, 0.15) is 5.75 Å². The molecule has 1 atom stereocenters. The van der Waals surface area contributed by atoms with Gasteiger partial charge in [0.05, 0.1) is 12.3 Å². The summed E-state index contributed by atoms with van der Waals surface area (Å²) in [6.07, 6.45) is 3.69. The maximum Gasteiger partial charge on any atom is 0.142 e. The number of aryl methyl sites for hydroxylation is 1. The zero-order valence-electron chi connectivity index (χ0n) is 13.1. The van der Waals surface area contributed by atoms with Gasteiger partial charge in [-0.05, 0) is 63.4 Å². The highest BCUT2D eigenvalue weighted by Crippen LogP contribution is 2.27. The highest BCUT2D eigenvalue weighted by atomic mass is 16.5. The molecule has 112 valence electrons. The first-order chi connectivity index (χ1) is 9.69. The van der Waals surface area contributed by atoms with Crippen LogP contribution >= 0.6 is 0 Å². The van der Waals surface area contributed by atoms with E-state index >= 15 is 0 Å². The summed E-state index contributed by atoms with van der Waals surface area (Å²) < 4.78 is 5.86. The lowest BCUT2D eigenvalue weighted by atomic mass is 9.98. The molecule has 0 spiro atoms. The summed E-state index contributed by atoms with van der Waals surface area (Å²) in [6, 6.07) is 6.42.